The molecular weight excluding hydrogens is 303 g/mol. The van der Waals surface area contributed by atoms with E-state index in [9.17, 15) is 14.6 Å². The van der Waals surface area contributed by atoms with E-state index in [-0.39, 0.29) is 22.8 Å². The van der Waals surface area contributed by atoms with Crippen LogP contribution in [0, 0.1) is 28.6 Å². The number of rotatable bonds is 1. The lowest BCUT2D eigenvalue weighted by atomic mass is 9.48. The fourth-order valence-electron chi connectivity index (χ4n) is 7.00. The van der Waals surface area contributed by atoms with E-state index >= 15 is 0 Å². The van der Waals surface area contributed by atoms with Gasteiger partial charge in [-0.05, 0) is 85.5 Å². The van der Waals surface area contributed by atoms with Crippen LogP contribution < -0.4 is 0 Å². The number of hydrogen-bond donors (Lipinski definition) is 2. The van der Waals surface area contributed by atoms with Crippen molar-refractivity contribution in [3.63, 3.8) is 0 Å². The average molecular weight is 334 g/mol. The van der Waals surface area contributed by atoms with E-state index in [1.165, 1.54) is 5.57 Å². The lowest BCUT2D eigenvalue weighted by molar-refractivity contribution is -0.0274. The Hall–Kier alpha value is -0.670. The van der Waals surface area contributed by atoms with Crippen molar-refractivity contribution in [3.05, 3.63) is 23.0 Å². The lowest BCUT2D eigenvalue weighted by Crippen LogP contribution is -2.49. The molecule has 0 radical (unpaired) electrons. The van der Waals surface area contributed by atoms with Crippen LogP contribution in [0.1, 0.15) is 65.2 Å². The van der Waals surface area contributed by atoms with Crippen molar-refractivity contribution in [2.24, 2.45) is 28.6 Å². The Labute approximate surface area is 144 Å². The maximum Gasteiger partial charge on any atom is 0.125 e. The minimum Gasteiger partial charge on any atom is -0.393 e. The molecule has 4 aliphatic rings. The molecule has 0 heterocycles. The van der Waals surface area contributed by atoms with Gasteiger partial charge in [-0.1, -0.05) is 25.5 Å². The third-order valence-electron chi connectivity index (χ3n) is 8.33. The SMILES string of the molecule is C[C@]12CC[C@H](O)CC1=CC[C@@H]1[C@@H]2CC[C@]2(C)/C(=C(/F)CO)CC[C@@H]12. The predicted molar refractivity (Wildman–Crippen MR) is 92.9 cm³/mol. The first-order valence-corrected chi connectivity index (χ1v) is 9.76. The van der Waals surface area contributed by atoms with Crippen molar-refractivity contribution >= 4 is 0 Å². The van der Waals surface area contributed by atoms with Crippen molar-refractivity contribution in [3.8, 4) is 0 Å². The number of aliphatic hydroxyl groups is 2. The molecule has 0 spiro atoms. The van der Waals surface area contributed by atoms with Crippen molar-refractivity contribution in [2.75, 3.05) is 6.61 Å². The molecule has 3 saturated carbocycles. The van der Waals surface area contributed by atoms with Gasteiger partial charge in [0.05, 0.1) is 12.7 Å². The van der Waals surface area contributed by atoms with Gasteiger partial charge in [-0.2, -0.15) is 0 Å². The van der Waals surface area contributed by atoms with Crippen LogP contribution in [-0.2, 0) is 0 Å². The van der Waals surface area contributed by atoms with E-state index in [0.717, 1.165) is 56.9 Å². The summed E-state index contributed by atoms with van der Waals surface area (Å²) in [5.74, 6) is 1.60. The highest BCUT2D eigenvalue weighted by Crippen LogP contribution is 2.66. The Bertz CT molecular complexity index is 595. The molecule has 0 amide bonds. The largest absolute Gasteiger partial charge is 0.393 e. The third kappa shape index (κ3) is 2.20. The fraction of sp³-hybridized carbons (Fsp3) is 0.810. The van der Waals surface area contributed by atoms with Crippen LogP contribution in [0.3, 0.4) is 0 Å². The zero-order valence-electron chi connectivity index (χ0n) is 15.0. The van der Waals surface area contributed by atoms with Crippen molar-refractivity contribution in [1.29, 1.82) is 0 Å². The van der Waals surface area contributed by atoms with Crippen LogP contribution in [0.15, 0.2) is 23.0 Å². The molecule has 2 nitrogen and oxygen atoms in total. The van der Waals surface area contributed by atoms with E-state index in [1.807, 2.05) is 0 Å². The summed E-state index contributed by atoms with van der Waals surface area (Å²) >= 11 is 0. The van der Waals surface area contributed by atoms with Crippen LogP contribution in [0.4, 0.5) is 4.39 Å². The highest BCUT2D eigenvalue weighted by atomic mass is 19.1. The smallest absolute Gasteiger partial charge is 0.125 e. The second kappa shape index (κ2) is 5.67. The normalized spacial score (nSPS) is 49.8. The van der Waals surface area contributed by atoms with Crippen molar-refractivity contribution < 1.29 is 14.6 Å². The zero-order valence-corrected chi connectivity index (χ0v) is 15.0. The van der Waals surface area contributed by atoms with Gasteiger partial charge in [0.15, 0.2) is 0 Å². The van der Waals surface area contributed by atoms with Crippen LogP contribution in [0.5, 0.6) is 0 Å². The summed E-state index contributed by atoms with van der Waals surface area (Å²) in [6, 6.07) is 0. The fourth-order valence-corrected chi connectivity index (χ4v) is 7.00. The summed E-state index contributed by atoms with van der Waals surface area (Å²) in [5.41, 5.74) is 2.59. The number of aliphatic hydroxyl groups excluding tert-OH is 2. The number of halogens is 1. The van der Waals surface area contributed by atoms with E-state index in [1.54, 1.807) is 0 Å². The van der Waals surface area contributed by atoms with Gasteiger partial charge in [0.1, 0.15) is 5.83 Å². The van der Waals surface area contributed by atoms with E-state index in [0.29, 0.717) is 17.8 Å². The Balaban J connectivity index is 1.68. The summed E-state index contributed by atoms with van der Waals surface area (Å²) in [6.45, 7) is 4.23. The number of fused-ring (bicyclic) bond motifs is 5. The molecular formula is C21H31FO2. The molecule has 4 rings (SSSR count). The van der Waals surface area contributed by atoms with E-state index < -0.39 is 6.61 Å². The Kier molecular flexibility index (Phi) is 3.96. The Morgan fingerprint density at radius 2 is 1.88 bits per heavy atom. The lowest BCUT2D eigenvalue weighted by Gasteiger charge is -2.57. The molecule has 0 aromatic heterocycles. The van der Waals surface area contributed by atoms with Crippen molar-refractivity contribution in [2.45, 2.75) is 71.3 Å². The highest BCUT2D eigenvalue weighted by molar-refractivity contribution is 5.30. The van der Waals surface area contributed by atoms with Gasteiger partial charge in [0.2, 0.25) is 0 Å². The van der Waals surface area contributed by atoms with Crippen LogP contribution in [0.2, 0.25) is 0 Å². The molecule has 134 valence electrons. The molecule has 6 atom stereocenters. The minimum absolute atomic E-state index is 0.0517. The summed E-state index contributed by atoms with van der Waals surface area (Å²) in [5, 5.41) is 19.3. The van der Waals surface area contributed by atoms with Gasteiger partial charge in [0, 0.05) is 0 Å². The van der Waals surface area contributed by atoms with Gasteiger partial charge in [-0.15, -0.1) is 0 Å². The quantitative estimate of drug-likeness (QED) is 0.692. The summed E-state index contributed by atoms with van der Waals surface area (Å²) in [7, 11) is 0. The Morgan fingerprint density at radius 1 is 1.17 bits per heavy atom. The summed E-state index contributed by atoms with van der Waals surface area (Å²) < 4.78 is 14.3. The zero-order chi connectivity index (χ0) is 17.1. The molecule has 0 aliphatic heterocycles. The predicted octanol–water partition coefficient (Wildman–Crippen LogP) is 4.53. The first-order valence-electron chi connectivity index (χ1n) is 9.76. The highest BCUT2D eigenvalue weighted by Gasteiger charge is 2.57. The molecule has 0 unspecified atom stereocenters. The van der Waals surface area contributed by atoms with Gasteiger partial charge < -0.3 is 10.2 Å². The minimum atomic E-state index is -0.439. The second-order valence-electron chi connectivity index (χ2n) is 9.19. The molecule has 2 N–H and O–H groups in total. The summed E-state index contributed by atoms with van der Waals surface area (Å²) in [6.07, 6.45) is 10.3. The van der Waals surface area contributed by atoms with Crippen LogP contribution >= 0.6 is 0 Å². The van der Waals surface area contributed by atoms with Gasteiger partial charge in [-0.3, -0.25) is 0 Å². The first kappa shape index (κ1) is 16.8. The molecule has 4 aliphatic carbocycles. The molecule has 0 aromatic rings. The maximum absolute atomic E-state index is 14.3. The molecule has 0 saturated heterocycles. The van der Waals surface area contributed by atoms with Crippen LogP contribution in [-0.4, -0.2) is 22.9 Å². The average Bonchev–Trinajstić information content (AvgIpc) is 2.92. The van der Waals surface area contributed by atoms with Gasteiger partial charge >= 0.3 is 0 Å². The Morgan fingerprint density at radius 3 is 2.62 bits per heavy atom. The third-order valence-corrected chi connectivity index (χ3v) is 8.33. The molecule has 3 fully saturated rings. The number of allylic oxidation sites excluding steroid dienone is 2. The molecule has 0 bridgehead atoms. The summed E-state index contributed by atoms with van der Waals surface area (Å²) in [4.78, 5) is 0. The van der Waals surface area contributed by atoms with E-state index in [2.05, 4.69) is 19.9 Å². The van der Waals surface area contributed by atoms with Gasteiger partial charge in [0.25, 0.3) is 0 Å². The van der Waals surface area contributed by atoms with E-state index in [4.69, 9.17) is 0 Å². The van der Waals surface area contributed by atoms with Gasteiger partial charge in [-0.25, -0.2) is 4.39 Å². The molecule has 24 heavy (non-hydrogen) atoms. The molecule has 0 aromatic carbocycles. The monoisotopic (exact) mass is 334 g/mol. The first-order chi connectivity index (χ1) is 11.4. The van der Waals surface area contributed by atoms with Crippen molar-refractivity contribution in [1.82, 2.24) is 0 Å². The maximum atomic E-state index is 14.3. The topological polar surface area (TPSA) is 40.5 Å². The van der Waals surface area contributed by atoms with Crippen LogP contribution in [0.25, 0.3) is 0 Å². The standard InChI is InChI=1S/C21H31FO2/c1-20-9-7-14(24)11-13(20)3-4-15-16-5-6-18(19(22)12-23)21(16,2)10-8-17(15)20/h3,14-17,23-24H,4-12H2,1-2H3/b19-18+/t14-,15-,16-,17-,20-,21-/m0/s1. The second-order valence-corrected chi connectivity index (χ2v) is 9.19. The molecule has 3 heteroatoms. The number of hydrogen-bond acceptors (Lipinski definition) is 2.